The highest BCUT2D eigenvalue weighted by atomic mass is 79.9. The number of rotatable bonds is 6. The first-order chi connectivity index (χ1) is 17.5. The average Bonchev–Trinajstić information content (AvgIpc) is 3.59. The summed E-state index contributed by atoms with van der Waals surface area (Å²) in [5.74, 6) is 1.81. The smallest absolute Gasteiger partial charge is 0.256 e. The summed E-state index contributed by atoms with van der Waals surface area (Å²) in [6.45, 7) is 4.83. The second-order valence-electron chi connectivity index (χ2n) is 10.9. The molecule has 3 heterocycles. The lowest BCUT2D eigenvalue weighted by atomic mass is 9.87. The maximum atomic E-state index is 14.0. The Morgan fingerprint density at radius 1 is 0.972 bits per heavy atom. The molecule has 0 N–H and O–H groups in total. The fraction of sp³-hybridized carbons (Fsp3) is 0.483. The van der Waals surface area contributed by atoms with Gasteiger partial charge in [0.1, 0.15) is 11.4 Å². The number of carbonyl (C=O) groups is 2. The van der Waals surface area contributed by atoms with Crippen LogP contribution in [-0.4, -0.2) is 70.6 Å². The minimum atomic E-state index is -0.669. The van der Waals surface area contributed by atoms with E-state index in [2.05, 4.69) is 45.1 Å². The maximum Gasteiger partial charge on any atom is 0.256 e. The molecule has 1 spiro atoms. The molecule has 2 aromatic rings. The van der Waals surface area contributed by atoms with Gasteiger partial charge in [0.2, 0.25) is 5.91 Å². The number of hydrogen-bond donors (Lipinski definition) is 0. The van der Waals surface area contributed by atoms with Gasteiger partial charge >= 0.3 is 0 Å². The highest BCUT2D eigenvalue weighted by Crippen LogP contribution is 2.37. The third kappa shape index (κ3) is 4.75. The number of amidine groups is 1. The largest absolute Gasteiger partial charge is 0.342 e. The van der Waals surface area contributed by atoms with Gasteiger partial charge in [0.15, 0.2) is 0 Å². The van der Waals surface area contributed by atoms with Crippen molar-refractivity contribution in [2.45, 2.75) is 44.2 Å². The summed E-state index contributed by atoms with van der Waals surface area (Å²) in [5.41, 5.74) is 1.62. The van der Waals surface area contributed by atoms with Gasteiger partial charge in [-0.1, -0.05) is 58.4 Å². The van der Waals surface area contributed by atoms with E-state index >= 15 is 0 Å². The molecule has 0 bridgehead atoms. The zero-order valence-corrected chi connectivity index (χ0v) is 22.2. The highest BCUT2D eigenvalue weighted by Gasteiger charge is 2.50. The molecule has 36 heavy (non-hydrogen) atoms. The molecule has 1 saturated carbocycles. The Hall–Kier alpha value is -2.51. The Labute approximate surface area is 221 Å². The summed E-state index contributed by atoms with van der Waals surface area (Å²) in [7, 11) is 0. The number of amides is 2. The first-order valence-electron chi connectivity index (χ1n) is 13.2. The van der Waals surface area contributed by atoms with E-state index in [9.17, 15) is 9.59 Å². The van der Waals surface area contributed by atoms with Gasteiger partial charge in [-0.05, 0) is 55.7 Å². The van der Waals surface area contributed by atoms with E-state index in [4.69, 9.17) is 4.99 Å². The molecule has 7 heteroatoms. The number of piperidine rings is 1. The van der Waals surface area contributed by atoms with Gasteiger partial charge < -0.3 is 4.90 Å². The highest BCUT2D eigenvalue weighted by molar-refractivity contribution is 9.10. The fourth-order valence-corrected chi connectivity index (χ4v) is 6.19. The maximum absolute atomic E-state index is 14.0. The standard InChI is InChI=1S/C29H33BrN4O2/c30-25-10-8-23(9-11-25)26-31-29(13-16-32(17-14-29)18-21-4-2-1-3-5-21)28(36)34(26)20-22-12-15-33(19-22)27(35)24-6-7-24/h1-5,8-11,22,24H,6-7,12-20H2. The Bertz CT molecular complexity index is 1150. The van der Waals surface area contributed by atoms with Gasteiger partial charge in [-0.3, -0.25) is 24.4 Å². The lowest BCUT2D eigenvalue weighted by molar-refractivity contribution is -0.133. The summed E-state index contributed by atoms with van der Waals surface area (Å²) >= 11 is 3.53. The van der Waals surface area contributed by atoms with Crippen molar-refractivity contribution in [2.75, 3.05) is 32.7 Å². The lowest BCUT2D eigenvalue weighted by Gasteiger charge is -2.36. The van der Waals surface area contributed by atoms with Crippen LogP contribution in [0, 0.1) is 11.8 Å². The molecule has 2 saturated heterocycles. The van der Waals surface area contributed by atoms with Crippen LogP contribution in [0.25, 0.3) is 0 Å². The Kier molecular flexibility index (Phi) is 6.46. The molecule has 6 rings (SSSR count). The van der Waals surface area contributed by atoms with Crippen LogP contribution in [0.5, 0.6) is 0 Å². The van der Waals surface area contributed by atoms with Crippen molar-refractivity contribution in [2.24, 2.45) is 16.8 Å². The van der Waals surface area contributed by atoms with Gasteiger partial charge in [-0.2, -0.15) is 0 Å². The number of likely N-dealkylation sites (tertiary alicyclic amines) is 2. The third-order valence-corrected chi connectivity index (χ3v) is 8.75. The average molecular weight is 550 g/mol. The van der Waals surface area contributed by atoms with Crippen LogP contribution in [0.1, 0.15) is 43.2 Å². The second kappa shape index (κ2) is 9.75. The topological polar surface area (TPSA) is 56.2 Å². The molecule has 0 radical (unpaired) electrons. The lowest BCUT2D eigenvalue weighted by Crippen LogP contribution is -2.50. The van der Waals surface area contributed by atoms with E-state index in [1.54, 1.807) is 0 Å². The molecule has 2 aromatic carbocycles. The van der Waals surface area contributed by atoms with Crippen molar-refractivity contribution in [3.05, 3.63) is 70.2 Å². The first-order valence-corrected chi connectivity index (χ1v) is 14.0. The Morgan fingerprint density at radius 2 is 1.69 bits per heavy atom. The van der Waals surface area contributed by atoms with Crippen LogP contribution in [-0.2, 0) is 16.1 Å². The zero-order valence-electron chi connectivity index (χ0n) is 20.6. The van der Waals surface area contributed by atoms with Crippen molar-refractivity contribution >= 4 is 33.6 Å². The summed E-state index contributed by atoms with van der Waals surface area (Å²) in [4.78, 5) is 38.2. The van der Waals surface area contributed by atoms with Gasteiger partial charge in [-0.15, -0.1) is 0 Å². The van der Waals surface area contributed by atoms with Crippen molar-refractivity contribution in [1.82, 2.24) is 14.7 Å². The number of benzene rings is 2. The molecule has 1 aliphatic carbocycles. The van der Waals surface area contributed by atoms with E-state index in [0.29, 0.717) is 18.4 Å². The molecule has 3 fully saturated rings. The molecule has 1 unspecified atom stereocenters. The van der Waals surface area contributed by atoms with Crippen LogP contribution in [0.15, 0.2) is 64.1 Å². The normalized spacial score (nSPS) is 24.0. The number of aliphatic imine (C=N–C) groups is 1. The van der Waals surface area contributed by atoms with Gasteiger partial charge in [0.25, 0.3) is 5.91 Å². The van der Waals surface area contributed by atoms with Crippen LogP contribution in [0.4, 0.5) is 0 Å². The SMILES string of the molecule is O=C(C1CC1)N1CCC(CN2C(=O)C3(CCN(Cc4ccccc4)CC3)N=C2c2ccc(Br)cc2)C1. The minimum Gasteiger partial charge on any atom is -0.342 e. The number of halogens is 1. The van der Waals surface area contributed by atoms with Crippen LogP contribution in [0.3, 0.4) is 0 Å². The first kappa shape index (κ1) is 23.9. The Morgan fingerprint density at radius 3 is 2.39 bits per heavy atom. The molecule has 6 nitrogen and oxygen atoms in total. The van der Waals surface area contributed by atoms with E-state index in [1.165, 1.54) is 5.56 Å². The van der Waals surface area contributed by atoms with Gasteiger partial charge in [0, 0.05) is 55.2 Å². The molecule has 188 valence electrons. The van der Waals surface area contributed by atoms with Gasteiger partial charge in [-0.25, -0.2) is 0 Å². The summed E-state index contributed by atoms with van der Waals surface area (Å²) in [5, 5.41) is 0. The number of hydrogen-bond acceptors (Lipinski definition) is 4. The van der Waals surface area contributed by atoms with E-state index < -0.39 is 5.54 Å². The van der Waals surface area contributed by atoms with Crippen molar-refractivity contribution in [3.8, 4) is 0 Å². The second-order valence-corrected chi connectivity index (χ2v) is 11.8. The predicted molar refractivity (Wildman–Crippen MR) is 143 cm³/mol. The Balaban J connectivity index is 1.19. The summed E-state index contributed by atoms with van der Waals surface area (Å²) < 4.78 is 1.01. The predicted octanol–water partition coefficient (Wildman–Crippen LogP) is 4.33. The van der Waals surface area contributed by atoms with Crippen molar-refractivity contribution in [1.29, 1.82) is 0 Å². The molecule has 1 atom stereocenters. The van der Waals surface area contributed by atoms with Gasteiger partial charge in [0.05, 0.1) is 0 Å². The molecule has 2 amide bonds. The molecule has 4 aliphatic rings. The molecular formula is C29H33BrN4O2. The molecule has 3 aliphatic heterocycles. The van der Waals surface area contributed by atoms with Crippen LogP contribution in [0.2, 0.25) is 0 Å². The number of carbonyl (C=O) groups excluding carboxylic acids is 2. The van der Waals surface area contributed by atoms with Crippen LogP contribution >= 0.6 is 15.9 Å². The summed E-state index contributed by atoms with van der Waals surface area (Å²) in [6.07, 6.45) is 4.51. The molecule has 0 aromatic heterocycles. The van der Waals surface area contributed by atoms with E-state index in [1.807, 2.05) is 40.1 Å². The third-order valence-electron chi connectivity index (χ3n) is 8.22. The molecular weight excluding hydrogens is 516 g/mol. The van der Waals surface area contributed by atoms with E-state index in [-0.39, 0.29) is 11.8 Å². The monoisotopic (exact) mass is 548 g/mol. The van der Waals surface area contributed by atoms with Crippen molar-refractivity contribution < 1.29 is 9.59 Å². The van der Waals surface area contributed by atoms with Crippen LogP contribution < -0.4 is 0 Å². The zero-order chi connectivity index (χ0) is 24.7. The summed E-state index contributed by atoms with van der Waals surface area (Å²) in [6, 6.07) is 18.6. The quantitative estimate of drug-likeness (QED) is 0.539. The number of nitrogens with zero attached hydrogens (tertiary/aromatic N) is 4. The fourth-order valence-electron chi connectivity index (χ4n) is 5.92. The van der Waals surface area contributed by atoms with E-state index in [0.717, 1.165) is 80.7 Å². The van der Waals surface area contributed by atoms with Crippen molar-refractivity contribution in [3.63, 3.8) is 0 Å². The minimum absolute atomic E-state index is 0.145.